The van der Waals surface area contributed by atoms with E-state index in [1.54, 1.807) is 16.6 Å². The Morgan fingerprint density at radius 3 is 2.77 bits per heavy atom. The molecule has 0 amide bonds. The van der Waals surface area contributed by atoms with Gasteiger partial charge in [-0.1, -0.05) is 6.07 Å². The SMILES string of the molecule is O=S(=O)(c1ccc2c(c1)CCC2)N1CCC[C@@H]1c1ccco1. The van der Waals surface area contributed by atoms with Crippen LogP contribution < -0.4 is 0 Å². The first-order valence-corrected chi connectivity index (χ1v) is 9.27. The summed E-state index contributed by atoms with van der Waals surface area (Å²) in [5, 5.41) is 0. The maximum atomic E-state index is 13.0. The maximum Gasteiger partial charge on any atom is 0.243 e. The van der Waals surface area contributed by atoms with Gasteiger partial charge in [0.05, 0.1) is 17.2 Å². The zero-order valence-corrected chi connectivity index (χ0v) is 13.2. The van der Waals surface area contributed by atoms with E-state index < -0.39 is 10.0 Å². The van der Waals surface area contributed by atoms with Crippen molar-refractivity contribution >= 4 is 10.0 Å². The van der Waals surface area contributed by atoms with Crippen molar-refractivity contribution in [3.63, 3.8) is 0 Å². The van der Waals surface area contributed by atoms with E-state index in [0.29, 0.717) is 11.4 Å². The Bertz CT molecular complexity index is 780. The van der Waals surface area contributed by atoms with Gasteiger partial charge in [0.15, 0.2) is 0 Å². The molecule has 1 aliphatic heterocycles. The summed E-state index contributed by atoms with van der Waals surface area (Å²) < 4.78 is 33.1. The Morgan fingerprint density at radius 2 is 1.95 bits per heavy atom. The standard InChI is InChI=1S/C17H19NO3S/c19-22(20,15-9-8-13-4-1-5-14(13)12-15)18-10-2-6-16(18)17-7-3-11-21-17/h3,7-9,11-12,16H,1-2,4-6,10H2/t16-/m1/s1. The molecule has 1 atom stereocenters. The molecule has 0 spiro atoms. The van der Waals surface area contributed by atoms with Crippen molar-refractivity contribution in [2.45, 2.75) is 43.0 Å². The predicted octanol–water partition coefficient (Wildman–Crippen LogP) is 3.29. The lowest BCUT2D eigenvalue weighted by molar-refractivity contribution is 0.340. The number of hydrogen-bond donors (Lipinski definition) is 0. The summed E-state index contributed by atoms with van der Waals surface area (Å²) in [6, 6.07) is 9.11. The van der Waals surface area contributed by atoms with Crippen molar-refractivity contribution in [2.24, 2.45) is 0 Å². The van der Waals surface area contributed by atoms with Gasteiger partial charge in [0, 0.05) is 6.54 Å². The fourth-order valence-electron chi connectivity index (χ4n) is 3.64. The Morgan fingerprint density at radius 1 is 1.09 bits per heavy atom. The van der Waals surface area contributed by atoms with Gasteiger partial charge in [0.25, 0.3) is 0 Å². The number of hydrogen-bond acceptors (Lipinski definition) is 3. The second kappa shape index (κ2) is 5.25. The van der Waals surface area contributed by atoms with Gasteiger partial charge in [-0.2, -0.15) is 4.31 Å². The fraction of sp³-hybridized carbons (Fsp3) is 0.412. The van der Waals surface area contributed by atoms with Gasteiger partial charge < -0.3 is 4.42 Å². The monoisotopic (exact) mass is 317 g/mol. The van der Waals surface area contributed by atoms with Gasteiger partial charge in [-0.3, -0.25) is 0 Å². The minimum atomic E-state index is -3.46. The molecule has 2 aromatic rings. The molecule has 0 unspecified atom stereocenters. The highest BCUT2D eigenvalue weighted by Crippen LogP contribution is 2.37. The Hall–Kier alpha value is -1.59. The summed E-state index contributed by atoms with van der Waals surface area (Å²) >= 11 is 0. The number of aryl methyl sites for hydroxylation is 2. The minimum Gasteiger partial charge on any atom is -0.468 e. The van der Waals surface area contributed by atoms with Crippen LogP contribution in [0.3, 0.4) is 0 Å². The van der Waals surface area contributed by atoms with Crippen LogP contribution in [0.15, 0.2) is 45.9 Å². The highest BCUT2D eigenvalue weighted by Gasteiger charge is 2.37. The molecule has 1 saturated heterocycles. The molecule has 4 rings (SSSR count). The zero-order valence-electron chi connectivity index (χ0n) is 12.4. The van der Waals surface area contributed by atoms with E-state index in [1.807, 2.05) is 24.3 Å². The molecule has 0 radical (unpaired) electrons. The van der Waals surface area contributed by atoms with Crippen molar-refractivity contribution in [2.75, 3.05) is 6.54 Å². The molecule has 0 saturated carbocycles. The number of nitrogens with zero attached hydrogens (tertiary/aromatic N) is 1. The average Bonchev–Trinajstić information content (AvgIpc) is 3.25. The van der Waals surface area contributed by atoms with Gasteiger partial charge in [-0.25, -0.2) is 8.42 Å². The molecule has 2 aliphatic rings. The molecule has 1 fully saturated rings. The molecule has 1 aromatic carbocycles. The van der Waals surface area contributed by atoms with Crippen LogP contribution in [-0.2, 0) is 22.9 Å². The topological polar surface area (TPSA) is 50.5 Å². The zero-order chi connectivity index (χ0) is 15.2. The summed E-state index contributed by atoms with van der Waals surface area (Å²) in [7, 11) is -3.46. The summed E-state index contributed by atoms with van der Waals surface area (Å²) in [5.41, 5.74) is 2.48. The summed E-state index contributed by atoms with van der Waals surface area (Å²) in [6.07, 6.45) is 6.47. The lowest BCUT2D eigenvalue weighted by atomic mass is 10.1. The van der Waals surface area contributed by atoms with Crippen molar-refractivity contribution in [3.05, 3.63) is 53.5 Å². The van der Waals surface area contributed by atoms with Crippen molar-refractivity contribution < 1.29 is 12.8 Å². The predicted molar refractivity (Wildman–Crippen MR) is 83.0 cm³/mol. The molecule has 1 aliphatic carbocycles. The summed E-state index contributed by atoms with van der Waals surface area (Å²) in [6.45, 7) is 0.560. The largest absolute Gasteiger partial charge is 0.468 e. The van der Waals surface area contributed by atoms with Crippen LogP contribution in [0.25, 0.3) is 0 Å². The van der Waals surface area contributed by atoms with Gasteiger partial charge in [0.2, 0.25) is 10.0 Å². The van der Waals surface area contributed by atoms with Gasteiger partial charge in [0.1, 0.15) is 5.76 Å². The number of sulfonamides is 1. The molecule has 1 aromatic heterocycles. The van der Waals surface area contributed by atoms with E-state index in [4.69, 9.17) is 4.42 Å². The fourth-order valence-corrected chi connectivity index (χ4v) is 5.35. The second-order valence-corrected chi connectivity index (χ2v) is 7.96. The van der Waals surface area contributed by atoms with Crippen molar-refractivity contribution in [3.8, 4) is 0 Å². The Kier molecular flexibility index (Phi) is 3.35. The number of rotatable bonds is 3. The van der Waals surface area contributed by atoms with Crippen LogP contribution in [0, 0.1) is 0 Å². The van der Waals surface area contributed by atoms with Gasteiger partial charge >= 0.3 is 0 Å². The second-order valence-electron chi connectivity index (χ2n) is 6.07. The highest BCUT2D eigenvalue weighted by atomic mass is 32.2. The first-order chi connectivity index (χ1) is 10.7. The molecule has 5 heteroatoms. The lowest BCUT2D eigenvalue weighted by Gasteiger charge is -2.23. The highest BCUT2D eigenvalue weighted by molar-refractivity contribution is 7.89. The van der Waals surface area contributed by atoms with Gasteiger partial charge in [-0.15, -0.1) is 0 Å². The van der Waals surface area contributed by atoms with Crippen LogP contribution in [-0.4, -0.2) is 19.3 Å². The van der Waals surface area contributed by atoms with E-state index in [2.05, 4.69) is 0 Å². The van der Waals surface area contributed by atoms with E-state index >= 15 is 0 Å². The van der Waals surface area contributed by atoms with E-state index in [9.17, 15) is 8.42 Å². The third-order valence-electron chi connectivity index (χ3n) is 4.75. The number of benzene rings is 1. The van der Waals surface area contributed by atoms with Gasteiger partial charge in [-0.05, 0) is 67.5 Å². The Balaban J connectivity index is 1.71. The van der Waals surface area contributed by atoms with Crippen molar-refractivity contribution in [1.82, 2.24) is 4.31 Å². The molecule has 0 N–H and O–H groups in total. The van der Waals surface area contributed by atoms with E-state index in [1.165, 1.54) is 11.1 Å². The van der Waals surface area contributed by atoms with E-state index in [-0.39, 0.29) is 6.04 Å². The van der Waals surface area contributed by atoms with Crippen LogP contribution in [0.4, 0.5) is 0 Å². The molecule has 116 valence electrons. The molecular weight excluding hydrogens is 298 g/mol. The molecule has 4 nitrogen and oxygen atoms in total. The minimum absolute atomic E-state index is 0.173. The van der Waals surface area contributed by atoms with Crippen LogP contribution in [0.1, 0.15) is 42.2 Å². The summed E-state index contributed by atoms with van der Waals surface area (Å²) in [4.78, 5) is 0.423. The average molecular weight is 317 g/mol. The van der Waals surface area contributed by atoms with Crippen molar-refractivity contribution in [1.29, 1.82) is 0 Å². The normalized spacial score (nSPS) is 22.1. The summed E-state index contributed by atoms with van der Waals surface area (Å²) in [5.74, 6) is 0.738. The van der Waals surface area contributed by atoms with E-state index in [0.717, 1.165) is 37.9 Å². The quantitative estimate of drug-likeness (QED) is 0.873. The molecule has 22 heavy (non-hydrogen) atoms. The number of fused-ring (bicyclic) bond motifs is 1. The third-order valence-corrected chi connectivity index (χ3v) is 6.66. The van der Waals surface area contributed by atoms with Crippen LogP contribution >= 0.6 is 0 Å². The molecular formula is C17H19NO3S. The number of furan rings is 1. The van der Waals surface area contributed by atoms with Crippen LogP contribution in [0.2, 0.25) is 0 Å². The maximum absolute atomic E-state index is 13.0. The molecule has 0 bridgehead atoms. The lowest BCUT2D eigenvalue weighted by Crippen LogP contribution is -2.30. The first-order valence-electron chi connectivity index (χ1n) is 7.83. The Labute approximate surface area is 130 Å². The van der Waals surface area contributed by atoms with Crippen LogP contribution in [0.5, 0.6) is 0 Å². The first kappa shape index (κ1) is 14.0. The third kappa shape index (κ3) is 2.20. The molecule has 2 heterocycles. The smallest absolute Gasteiger partial charge is 0.243 e.